The standard InChI is InChI=1S/C18H18N2O6/c1-9-10-4-2-3-5-13(10)26-16(9)11-7-20(18(24)19-17(11)23)15-6-12(22)14(8-21)25-15/h2-5,7,12,14-15,21-22H,6,8H2,1H3,(H,19,23,24)/t12-,14+,15+/m0/s1. The number of nitrogens with zero attached hydrogens (tertiary/aromatic N) is 1. The summed E-state index contributed by atoms with van der Waals surface area (Å²) in [4.78, 5) is 26.9. The Morgan fingerprint density at radius 1 is 1.31 bits per heavy atom. The lowest BCUT2D eigenvalue weighted by Gasteiger charge is -2.15. The summed E-state index contributed by atoms with van der Waals surface area (Å²) >= 11 is 0. The molecule has 0 bridgehead atoms. The van der Waals surface area contributed by atoms with E-state index < -0.39 is 29.7 Å². The number of rotatable bonds is 3. The largest absolute Gasteiger partial charge is 0.456 e. The van der Waals surface area contributed by atoms with Crippen LogP contribution < -0.4 is 11.2 Å². The summed E-state index contributed by atoms with van der Waals surface area (Å²) in [5, 5.41) is 20.0. The highest BCUT2D eigenvalue weighted by Crippen LogP contribution is 2.32. The van der Waals surface area contributed by atoms with Crippen molar-refractivity contribution >= 4 is 11.0 Å². The molecule has 0 saturated carbocycles. The van der Waals surface area contributed by atoms with Gasteiger partial charge in [0.2, 0.25) is 0 Å². The number of aliphatic hydroxyl groups excluding tert-OH is 2. The average Bonchev–Trinajstić information content (AvgIpc) is 3.16. The van der Waals surface area contributed by atoms with Crippen LogP contribution in [0, 0.1) is 6.92 Å². The maximum atomic E-state index is 12.4. The fourth-order valence-electron chi connectivity index (χ4n) is 3.34. The molecule has 1 aliphatic heterocycles. The van der Waals surface area contributed by atoms with Crippen LogP contribution in [0.5, 0.6) is 0 Å². The van der Waals surface area contributed by atoms with Crippen molar-refractivity contribution < 1.29 is 19.4 Å². The first-order valence-corrected chi connectivity index (χ1v) is 8.28. The highest BCUT2D eigenvalue weighted by Gasteiger charge is 2.35. The number of fused-ring (bicyclic) bond motifs is 1. The van der Waals surface area contributed by atoms with Gasteiger partial charge in [-0.25, -0.2) is 4.79 Å². The number of aromatic amines is 1. The summed E-state index contributed by atoms with van der Waals surface area (Å²) < 4.78 is 12.6. The molecule has 3 atom stereocenters. The topological polar surface area (TPSA) is 118 Å². The SMILES string of the molecule is Cc1c(-c2cn([C@H]3C[C@H](O)[C@@H](CO)O3)c(=O)[nH]c2=O)oc2ccccc12. The second kappa shape index (κ2) is 6.24. The summed E-state index contributed by atoms with van der Waals surface area (Å²) in [5.74, 6) is 0.374. The van der Waals surface area contributed by atoms with Crippen molar-refractivity contribution in [3.8, 4) is 11.3 Å². The Morgan fingerprint density at radius 3 is 2.77 bits per heavy atom. The van der Waals surface area contributed by atoms with E-state index in [2.05, 4.69) is 4.98 Å². The summed E-state index contributed by atoms with van der Waals surface area (Å²) in [7, 11) is 0. The van der Waals surface area contributed by atoms with Crippen molar-refractivity contribution in [2.24, 2.45) is 0 Å². The molecule has 1 aliphatic rings. The number of para-hydroxylation sites is 1. The second-order valence-corrected chi connectivity index (χ2v) is 6.38. The fourth-order valence-corrected chi connectivity index (χ4v) is 3.34. The molecule has 3 N–H and O–H groups in total. The van der Waals surface area contributed by atoms with Gasteiger partial charge in [-0.3, -0.25) is 14.3 Å². The highest BCUT2D eigenvalue weighted by atomic mass is 16.5. The normalized spacial score (nSPS) is 23.0. The van der Waals surface area contributed by atoms with Gasteiger partial charge in [0.15, 0.2) is 0 Å². The number of nitrogens with one attached hydrogen (secondary N) is 1. The van der Waals surface area contributed by atoms with Crippen LogP contribution in [-0.2, 0) is 4.74 Å². The zero-order chi connectivity index (χ0) is 18.4. The number of hydrogen-bond donors (Lipinski definition) is 3. The number of ether oxygens (including phenoxy) is 1. The van der Waals surface area contributed by atoms with E-state index >= 15 is 0 Å². The summed E-state index contributed by atoms with van der Waals surface area (Å²) in [6.45, 7) is 1.49. The van der Waals surface area contributed by atoms with E-state index in [1.165, 1.54) is 10.8 Å². The van der Waals surface area contributed by atoms with Gasteiger partial charge in [0, 0.05) is 23.6 Å². The number of benzene rings is 1. The van der Waals surface area contributed by atoms with Gasteiger partial charge in [-0.05, 0) is 13.0 Å². The van der Waals surface area contributed by atoms with E-state index in [4.69, 9.17) is 9.15 Å². The van der Waals surface area contributed by atoms with Gasteiger partial charge in [0.05, 0.1) is 18.3 Å². The van der Waals surface area contributed by atoms with E-state index in [9.17, 15) is 19.8 Å². The lowest BCUT2D eigenvalue weighted by atomic mass is 10.1. The van der Waals surface area contributed by atoms with Gasteiger partial charge in [0.25, 0.3) is 5.56 Å². The Morgan fingerprint density at radius 2 is 2.08 bits per heavy atom. The third-order valence-corrected chi connectivity index (χ3v) is 4.75. The van der Waals surface area contributed by atoms with E-state index in [0.717, 1.165) is 10.9 Å². The maximum absolute atomic E-state index is 12.4. The zero-order valence-corrected chi connectivity index (χ0v) is 14.0. The Hall–Kier alpha value is -2.68. The Labute approximate surface area is 147 Å². The van der Waals surface area contributed by atoms with Gasteiger partial charge in [-0.2, -0.15) is 0 Å². The fraction of sp³-hybridized carbons (Fsp3) is 0.333. The number of aliphatic hydroxyl groups is 2. The first kappa shape index (κ1) is 16.8. The van der Waals surface area contributed by atoms with E-state index in [1.807, 2.05) is 25.1 Å². The minimum atomic E-state index is -0.889. The van der Waals surface area contributed by atoms with E-state index in [1.54, 1.807) is 6.07 Å². The van der Waals surface area contributed by atoms with Crippen LogP contribution in [0.4, 0.5) is 0 Å². The summed E-state index contributed by atoms with van der Waals surface area (Å²) in [6, 6.07) is 7.41. The average molecular weight is 358 g/mol. The van der Waals surface area contributed by atoms with E-state index in [0.29, 0.717) is 11.3 Å². The Balaban J connectivity index is 1.84. The van der Waals surface area contributed by atoms with Crippen molar-refractivity contribution in [3.05, 3.63) is 56.9 Å². The molecule has 8 heteroatoms. The molecule has 0 aliphatic carbocycles. The molecular weight excluding hydrogens is 340 g/mol. The molecule has 0 amide bonds. The smallest absolute Gasteiger partial charge is 0.330 e. The lowest BCUT2D eigenvalue weighted by molar-refractivity contribution is -0.0458. The van der Waals surface area contributed by atoms with Crippen LogP contribution >= 0.6 is 0 Å². The third-order valence-electron chi connectivity index (χ3n) is 4.75. The highest BCUT2D eigenvalue weighted by molar-refractivity contribution is 5.87. The van der Waals surface area contributed by atoms with Crippen molar-refractivity contribution in [2.45, 2.75) is 31.8 Å². The molecule has 1 aromatic carbocycles. The molecule has 3 aromatic rings. The van der Waals surface area contributed by atoms with Gasteiger partial charge < -0.3 is 19.4 Å². The van der Waals surface area contributed by atoms with Gasteiger partial charge >= 0.3 is 5.69 Å². The van der Waals surface area contributed by atoms with Crippen LogP contribution in [0.2, 0.25) is 0 Å². The molecule has 8 nitrogen and oxygen atoms in total. The number of aromatic nitrogens is 2. The predicted octanol–water partition coefficient (Wildman–Crippen LogP) is 0.899. The van der Waals surface area contributed by atoms with Crippen molar-refractivity contribution in [2.75, 3.05) is 6.61 Å². The number of furan rings is 1. The minimum absolute atomic E-state index is 0.135. The molecule has 0 radical (unpaired) electrons. The third kappa shape index (κ3) is 2.59. The predicted molar refractivity (Wildman–Crippen MR) is 92.9 cm³/mol. The van der Waals surface area contributed by atoms with Gasteiger partial charge in [-0.1, -0.05) is 18.2 Å². The van der Waals surface area contributed by atoms with Crippen LogP contribution in [0.1, 0.15) is 18.2 Å². The summed E-state index contributed by atoms with van der Waals surface area (Å²) in [5.41, 5.74) is 0.416. The van der Waals surface area contributed by atoms with Gasteiger partial charge in [0.1, 0.15) is 23.7 Å². The number of hydrogen-bond acceptors (Lipinski definition) is 6. The second-order valence-electron chi connectivity index (χ2n) is 6.38. The van der Waals surface area contributed by atoms with Crippen LogP contribution in [0.3, 0.4) is 0 Å². The molecule has 1 saturated heterocycles. The quantitative estimate of drug-likeness (QED) is 0.640. The van der Waals surface area contributed by atoms with Crippen LogP contribution in [-0.4, -0.2) is 38.6 Å². The number of aryl methyl sites for hydroxylation is 1. The van der Waals surface area contributed by atoms with Crippen molar-refractivity contribution in [3.63, 3.8) is 0 Å². The molecular formula is C18H18N2O6. The zero-order valence-electron chi connectivity index (χ0n) is 14.0. The van der Waals surface area contributed by atoms with Crippen LogP contribution in [0.25, 0.3) is 22.3 Å². The van der Waals surface area contributed by atoms with Crippen LogP contribution in [0.15, 0.2) is 44.5 Å². The Bertz CT molecular complexity index is 1080. The monoisotopic (exact) mass is 358 g/mol. The molecule has 2 aromatic heterocycles. The molecule has 136 valence electrons. The molecule has 3 heterocycles. The minimum Gasteiger partial charge on any atom is -0.456 e. The van der Waals surface area contributed by atoms with Crippen molar-refractivity contribution in [1.82, 2.24) is 9.55 Å². The number of H-pyrrole nitrogens is 1. The molecule has 0 unspecified atom stereocenters. The first-order chi connectivity index (χ1) is 12.5. The van der Waals surface area contributed by atoms with Crippen molar-refractivity contribution in [1.29, 1.82) is 0 Å². The molecule has 1 fully saturated rings. The lowest BCUT2D eigenvalue weighted by Crippen LogP contribution is -2.33. The van der Waals surface area contributed by atoms with Gasteiger partial charge in [-0.15, -0.1) is 0 Å². The summed E-state index contributed by atoms with van der Waals surface area (Å²) in [6.07, 6.45) is -0.927. The maximum Gasteiger partial charge on any atom is 0.330 e. The first-order valence-electron chi connectivity index (χ1n) is 8.28. The Kier molecular flexibility index (Phi) is 4.03. The molecule has 4 rings (SSSR count). The molecule has 26 heavy (non-hydrogen) atoms. The molecule has 0 spiro atoms. The van der Waals surface area contributed by atoms with E-state index in [-0.39, 0.29) is 18.6 Å².